The minimum atomic E-state index is -0.637. The Labute approximate surface area is 134 Å². The van der Waals surface area contributed by atoms with E-state index in [1.807, 2.05) is 13.8 Å². The molecule has 23 heavy (non-hydrogen) atoms. The third kappa shape index (κ3) is 3.70. The molecule has 1 atom stereocenters. The topological polar surface area (TPSA) is 84.5 Å². The molecular weight excluding hydrogens is 296 g/mol. The zero-order valence-electron chi connectivity index (χ0n) is 13.2. The van der Waals surface area contributed by atoms with Gasteiger partial charge in [-0.25, -0.2) is 4.79 Å². The van der Waals surface area contributed by atoms with Crippen molar-refractivity contribution >= 4 is 23.5 Å². The van der Waals surface area contributed by atoms with Crippen molar-refractivity contribution in [2.24, 2.45) is 5.92 Å². The van der Waals surface area contributed by atoms with Crippen molar-refractivity contribution in [1.82, 2.24) is 5.32 Å². The van der Waals surface area contributed by atoms with Gasteiger partial charge >= 0.3 is 5.97 Å². The molecule has 1 aromatic rings. The Balaban J connectivity index is 1.65. The molecule has 1 aliphatic heterocycles. The van der Waals surface area contributed by atoms with Gasteiger partial charge in [-0.1, -0.05) is 6.07 Å². The highest BCUT2D eigenvalue weighted by Crippen LogP contribution is 2.30. The van der Waals surface area contributed by atoms with Gasteiger partial charge in [0.25, 0.3) is 5.91 Å². The number of benzene rings is 1. The van der Waals surface area contributed by atoms with Gasteiger partial charge in [0.05, 0.1) is 0 Å². The third-order valence-corrected chi connectivity index (χ3v) is 4.00. The highest BCUT2D eigenvalue weighted by Gasteiger charge is 2.40. The first-order chi connectivity index (χ1) is 10.8. The van der Waals surface area contributed by atoms with Crippen LogP contribution in [0.1, 0.15) is 43.5 Å². The summed E-state index contributed by atoms with van der Waals surface area (Å²) in [6.45, 7) is 3.62. The van der Waals surface area contributed by atoms with Crippen molar-refractivity contribution in [2.45, 2.75) is 44.8 Å². The van der Waals surface area contributed by atoms with E-state index in [1.54, 1.807) is 24.3 Å². The van der Waals surface area contributed by atoms with E-state index < -0.39 is 17.6 Å². The predicted octanol–water partition coefficient (Wildman–Crippen LogP) is 1.86. The first-order valence-corrected chi connectivity index (χ1v) is 7.79. The van der Waals surface area contributed by atoms with E-state index >= 15 is 0 Å². The van der Waals surface area contributed by atoms with Crippen LogP contribution in [0.25, 0.3) is 0 Å². The number of amides is 2. The van der Waals surface area contributed by atoms with Crippen LogP contribution >= 0.6 is 0 Å². The number of ether oxygens (including phenoxy) is 1. The largest absolute Gasteiger partial charge is 0.458 e. The van der Waals surface area contributed by atoms with E-state index in [4.69, 9.17) is 4.74 Å². The smallest absolute Gasteiger partial charge is 0.329 e. The second-order valence-electron chi connectivity index (χ2n) is 6.76. The molecule has 122 valence electrons. The SMILES string of the molecule is CC1(C)C[C@@H](NC(=O)c2cccc(NC(=O)C3CC3)c2)C(=O)O1. The summed E-state index contributed by atoms with van der Waals surface area (Å²) in [6, 6.07) is 6.06. The van der Waals surface area contributed by atoms with Crippen LogP contribution in [0, 0.1) is 5.92 Å². The molecule has 1 aliphatic carbocycles. The predicted molar refractivity (Wildman–Crippen MR) is 83.8 cm³/mol. The number of carbonyl (C=O) groups excluding carboxylic acids is 3. The quantitative estimate of drug-likeness (QED) is 0.830. The lowest BCUT2D eigenvalue weighted by Gasteiger charge is -2.14. The van der Waals surface area contributed by atoms with Gasteiger partial charge in [-0.3, -0.25) is 9.59 Å². The molecule has 6 heteroatoms. The maximum absolute atomic E-state index is 12.3. The van der Waals surface area contributed by atoms with Crippen molar-refractivity contribution < 1.29 is 19.1 Å². The first kappa shape index (κ1) is 15.5. The van der Waals surface area contributed by atoms with Crippen LogP contribution in [0.5, 0.6) is 0 Å². The molecule has 1 saturated heterocycles. The first-order valence-electron chi connectivity index (χ1n) is 7.79. The average molecular weight is 316 g/mol. The normalized spacial score (nSPS) is 22.3. The van der Waals surface area contributed by atoms with E-state index in [0.29, 0.717) is 17.7 Å². The Kier molecular flexibility index (Phi) is 3.83. The lowest BCUT2D eigenvalue weighted by atomic mass is 10.0. The summed E-state index contributed by atoms with van der Waals surface area (Å²) in [4.78, 5) is 35.8. The van der Waals surface area contributed by atoms with Crippen LogP contribution in [0.4, 0.5) is 5.69 Å². The maximum Gasteiger partial charge on any atom is 0.329 e. The highest BCUT2D eigenvalue weighted by atomic mass is 16.6. The van der Waals surface area contributed by atoms with Crippen LogP contribution in [-0.2, 0) is 14.3 Å². The van der Waals surface area contributed by atoms with Crippen molar-refractivity contribution in [1.29, 1.82) is 0 Å². The van der Waals surface area contributed by atoms with Gasteiger partial charge in [0.2, 0.25) is 5.91 Å². The van der Waals surface area contributed by atoms with Crippen LogP contribution in [0.15, 0.2) is 24.3 Å². The van der Waals surface area contributed by atoms with Gasteiger partial charge in [-0.05, 0) is 44.9 Å². The molecule has 0 radical (unpaired) electrons. The lowest BCUT2D eigenvalue weighted by molar-refractivity contribution is -0.147. The Bertz CT molecular complexity index is 664. The van der Waals surface area contributed by atoms with Crippen LogP contribution in [-0.4, -0.2) is 29.4 Å². The maximum atomic E-state index is 12.3. The van der Waals surface area contributed by atoms with Gasteiger partial charge in [-0.15, -0.1) is 0 Å². The van der Waals surface area contributed by atoms with Gasteiger partial charge in [-0.2, -0.15) is 0 Å². The van der Waals surface area contributed by atoms with Crippen molar-refractivity contribution in [3.05, 3.63) is 29.8 Å². The summed E-state index contributed by atoms with van der Waals surface area (Å²) >= 11 is 0. The molecule has 6 nitrogen and oxygen atoms in total. The van der Waals surface area contributed by atoms with Crippen molar-refractivity contribution in [2.75, 3.05) is 5.32 Å². The Morgan fingerprint density at radius 1 is 1.26 bits per heavy atom. The number of hydrogen-bond donors (Lipinski definition) is 2. The van der Waals surface area contributed by atoms with Gasteiger partial charge < -0.3 is 15.4 Å². The molecule has 3 rings (SSSR count). The number of hydrogen-bond acceptors (Lipinski definition) is 4. The molecule has 0 spiro atoms. The van der Waals surface area contributed by atoms with E-state index in [1.165, 1.54) is 0 Å². The standard InChI is InChI=1S/C17H20N2O4/c1-17(2)9-13(16(22)23-17)19-15(21)11-4-3-5-12(8-11)18-14(20)10-6-7-10/h3-5,8,10,13H,6-7,9H2,1-2H3,(H,18,20)(H,19,21)/t13-/m1/s1. The fraction of sp³-hybridized carbons (Fsp3) is 0.471. The van der Waals surface area contributed by atoms with Crippen molar-refractivity contribution in [3.63, 3.8) is 0 Å². The van der Waals surface area contributed by atoms with Gasteiger partial charge in [0.1, 0.15) is 11.6 Å². The molecule has 2 amide bonds. The number of rotatable bonds is 4. The summed E-state index contributed by atoms with van der Waals surface area (Å²) in [5.74, 6) is -0.680. The third-order valence-electron chi connectivity index (χ3n) is 4.00. The fourth-order valence-electron chi connectivity index (χ4n) is 2.64. The van der Waals surface area contributed by atoms with Crippen molar-refractivity contribution in [3.8, 4) is 0 Å². The zero-order chi connectivity index (χ0) is 16.6. The molecule has 0 unspecified atom stereocenters. The molecular formula is C17H20N2O4. The number of carbonyl (C=O) groups is 3. The number of nitrogens with one attached hydrogen (secondary N) is 2. The lowest BCUT2D eigenvalue weighted by Crippen LogP contribution is -2.38. The zero-order valence-corrected chi connectivity index (χ0v) is 13.2. The monoisotopic (exact) mass is 316 g/mol. The Morgan fingerprint density at radius 3 is 2.61 bits per heavy atom. The Hall–Kier alpha value is -2.37. The minimum absolute atomic E-state index is 0.0105. The summed E-state index contributed by atoms with van der Waals surface area (Å²) < 4.78 is 5.20. The fourth-order valence-corrected chi connectivity index (χ4v) is 2.64. The molecule has 2 fully saturated rings. The summed E-state index contributed by atoms with van der Waals surface area (Å²) in [5.41, 5.74) is 0.426. The van der Waals surface area contributed by atoms with E-state index in [0.717, 1.165) is 12.8 Å². The molecule has 1 heterocycles. The van der Waals surface area contributed by atoms with Crippen LogP contribution in [0.2, 0.25) is 0 Å². The summed E-state index contributed by atoms with van der Waals surface area (Å²) in [5, 5.41) is 5.49. The van der Waals surface area contributed by atoms with Crippen LogP contribution in [0.3, 0.4) is 0 Å². The van der Waals surface area contributed by atoms with Crippen LogP contribution < -0.4 is 10.6 Å². The number of cyclic esters (lactones) is 1. The second-order valence-corrected chi connectivity index (χ2v) is 6.76. The molecule has 2 aliphatic rings. The Morgan fingerprint density at radius 2 is 2.00 bits per heavy atom. The minimum Gasteiger partial charge on any atom is -0.458 e. The molecule has 0 aromatic heterocycles. The molecule has 1 aromatic carbocycles. The molecule has 0 bridgehead atoms. The van der Waals surface area contributed by atoms with Gasteiger partial charge in [0, 0.05) is 23.6 Å². The van der Waals surface area contributed by atoms with E-state index in [2.05, 4.69) is 10.6 Å². The van der Waals surface area contributed by atoms with E-state index in [-0.39, 0.29) is 17.7 Å². The van der Waals surface area contributed by atoms with E-state index in [9.17, 15) is 14.4 Å². The molecule has 1 saturated carbocycles. The second kappa shape index (κ2) is 5.68. The number of anilines is 1. The average Bonchev–Trinajstić information content (AvgIpc) is 3.27. The molecule has 2 N–H and O–H groups in total. The van der Waals surface area contributed by atoms with Gasteiger partial charge in [0.15, 0.2) is 0 Å². The summed E-state index contributed by atoms with van der Waals surface area (Å²) in [6.07, 6.45) is 2.28. The number of esters is 1. The highest BCUT2D eigenvalue weighted by molar-refractivity contribution is 5.99. The summed E-state index contributed by atoms with van der Waals surface area (Å²) in [7, 11) is 0.